The molecule has 1 amide bonds. The monoisotopic (exact) mass is 290 g/mol. The molecule has 4 nitrogen and oxygen atoms in total. The maximum atomic E-state index is 12.4. The summed E-state index contributed by atoms with van der Waals surface area (Å²) < 4.78 is 4.98. The summed E-state index contributed by atoms with van der Waals surface area (Å²) in [4.78, 5) is 14.5. The predicted octanol–water partition coefficient (Wildman–Crippen LogP) is 2.28. The molecule has 1 aromatic carbocycles. The van der Waals surface area contributed by atoms with Gasteiger partial charge in [0.05, 0.1) is 19.2 Å². The van der Waals surface area contributed by atoms with E-state index in [-0.39, 0.29) is 11.9 Å². The van der Waals surface area contributed by atoms with Crippen molar-refractivity contribution in [2.24, 2.45) is 0 Å². The highest BCUT2D eigenvalue weighted by molar-refractivity contribution is 5.78. The van der Waals surface area contributed by atoms with E-state index in [1.54, 1.807) is 7.11 Å². The molecular formula is C17H26N2O2. The largest absolute Gasteiger partial charge is 0.383 e. The van der Waals surface area contributed by atoms with E-state index in [0.717, 1.165) is 19.4 Å². The third kappa shape index (κ3) is 4.55. The standard InChI is InChI=1S/C17H26N2O2/c1-14-6-8-15(9-7-14)16-5-3-4-11-19(16)17(20)13-18-10-12-21-2/h6-9,16,18H,3-5,10-13H2,1-2H3. The first-order valence-electron chi connectivity index (χ1n) is 7.78. The van der Waals surface area contributed by atoms with E-state index in [9.17, 15) is 4.79 Å². The zero-order chi connectivity index (χ0) is 15.1. The molecule has 1 aliphatic rings. The Morgan fingerprint density at radius 1 is 1.33 bits per heavy atom. The first kappa shape index (κ1) is 16.0. The molecule has 1 fully saturated rings. The summed E-state index contributed by atoms with van der Waals surface area (Å²) in [6, 6.07) is 8.80. The molecule has 1 atom stereocenters. The molecule has 1 unspecified atom stereocenters. The van der Waals surface area contributed by atoms with E-state index in [0.29, 0.717) is 19.7 Å². The number of benzene rings is 1. The van der Waals surface area contributed by atoms with Crippen LogP contribution < -0.4 is 5.32 Å². The summed E-state index contributed by atoms with van der Waals surface area (Å²) in [5.41, 5.74) is 2.51. The van der Waals surface area contributed by atoms with Gasteiger partial charge in [0.15, 0.2) is 0 Å². The number of rotatable bonds is 6. The number of methoxy groups -OCH3 is 1. The fourth-order valence-electron chi connectivity index (χ4n) is 2.84. The second-order valence-electron chi connectivity index (χ2n) is 5.68. The number of carbonyl (C=O) groups is 1. The van der Waals surface area contributed by atoms with Crippen LogP contribution in [0.5, 0.6) is 0 Å². The lowest BCUT2D eigenvalue weighted by Crippen LogP contribution is -2.43. The maximum absolute atomic E-state index is 12.4. The highest BCUT2D eigenvalue weighted by Crippen LogP contribution is 2.30. The van der Waals surface area contributed by atoms with Crippen molar-refractivity contribution < 1.29 is 9.53 Å². The molecule has 0 spiro atoms. The van der Waals surface area contributed by atoms with Crippen LogP contribution in [-0.2, 0) is 9.53 Å². The molecule has 0 aliphatic carbocycles. The molecule has 0 saturated carbocycles. The van der Waals surface area contributed by atoms with Gasteiger partial charge >= 0.3 is 0 Å². The third-order valence-electron chi connectivity index (χ3n) is 4.04. The average molecular weight is 290 g/mol. The van der Waals surface area contributed by atoms with E-state index >= 15 is 0 Å². The zero-order valence-electron chi connectivity index (χ0n) is 13.1. The SMILES string of the molecule is COCCNCC(=O)N1CCCCC1c1ccc(C)cc1. The average Bonchev–Trinajstić information content (AvgIpc) is 2.52. The third-order valence-corrected chi connectivity index (χ3v) is 4.04. The van der Waals surface area contributed by atoms with Crippen LogP contribution in [0.3, 0.4) is 0 Å². The van der Waals surface area contributed by atoms with E-state index in [4.69, 9.17) is 4.74 Å². The number of hydrogen-bond acceptors (Lipinski definition) is 3. The van der Waals surface area contributed by atoms with Crippen molar-refractivity contribution in [3.05, 3.63) is 35.4 Å². The predicted molar refractivity (Wildman–Crippen MR) is 84.2 cm³/mol. The van der Waals surface area contributed by atoms with Gasteiger partial charge in [0.25, 0.3) is 0 Å². The fourth-order valence-corrected chi connectivity index (χ4v) is 2.84. The van der Waals surface area contributed by atoms with Gasteiger partial charge in [0, 0.05) is 20.2 Å². The minimum Gasteiger partial charge on any atom is -0.383 e. The minimum atomic E-state index is 0.191. The van der Waals surface area contributed by atoms with Crippen LogP contribution >= 0.6 is 0 Å². The van der Waals surface area contributed by atoms with E-state index in [1.165, 1.54) is 17.5 Å². The van der Waals surface area contributed by atoms with Gasteiger partial charge in [0.2, 0.25) is 5.91 Å². The van der Waals surface area contributed by atoms with Gasteiger partial charge in [-0.15, -0.1) is 0 Å². The number of piperidine rings is 1. The Kier molecular flexibility index (Phi) is 6.21. The minimum absolute atomic E-state index is 0.191. The van der Waals surface area contributed by atoms with Crippen molar-refractivity contribution in [3.8, 4) is 0 Å². The zero-order valence-corrected chi connectivity index (χ0v) is 13.1. The van der Waals surface area contributed by atoms with E-state index in [1.807, 2.05) is 4.90 Å². The van der Waals surface area contributed by atoms with Gasteiger partial charge in [0.1, 0.15) is 0 Å². The lowest BCUT2D eigenvalue weighted by atomic mass is 9.94. The fraction of sp³-hybridized carbons (Fsp3) is 0.588. The number of carbonyl (C=O) groups excluding carboxylic acids is 1. The molecule has 4 heteroatoms. The molecular weight excluding hydrogens is 264 g/mol. The van der Waals surface area contributed by atoms with Crippen molar-refractivity contribution in [2.45, 2.75) is 32.2 Å². The summed E-state index contributed by atoms with van der Waals surface area (Å²) in [5, 5.41) is 3.15. The number of amides is 1. The van der Waals surface area contributed by atoms with Crippen molar-refractivity contribution in [1.29, 1.82) is 0 Å². The number of ether oxygens (including phenoxy) is 1. The smallest absolute Gasteiger partial charge is 0.237 e. The van der Waals surface area contributed by atoms with Gasteiger partial charge in [-0.1, -0.05) is 29.8 Å². The van der Waals surface area contributed by atoms with Crippen LogP contribution in [0.1, 0.15) is 36.4 Å². The van der Waals surface area contributed by atoms with Crippen LogP contribution in [0.2, 0.25) is 0 Å². The molecule has 1 aliphatic heterocycles. The molecule has 0 radical (unpaired) electrons. The van der Waals surface area contributed by atoms with Gasteiger partial charge in [-0.3, -0.25) is 4.79 Å². The Hall–Kier alpha value is -1.39. The van der Waals surface area contributed by atoms with Gasteiger partial charge in [-0.2, -0.15) is 0 Å². The van der Waals surface area contributed by atoms with Crippen LogP contribution in [0.15, 0.2) is 24.3 Å². The van der Waals surface area contributed by atoms with Crippen LogP contribution in [0.4, 0.5) is 0 Å². The first-order chi connectivity index (χ1) is 10.2. The summed E-state index contributed by atoms with van der Waals surface area (Å²) in [5.74, 6) is 0.191. The summed E-state index contributed by atoms with van der Waals surface area (Å²) in [6.07, 6.45) is 3.36. The Morgan fingerprint density at radius 2 is 2.10 bits per heavy atom. The lowest BCUT2D eigenvalue weighted by molar-refractivity contribution is -0.134. The van der Waals surface area contributed by atoms with Gasteiger partial charge in [-0.25, -0.2) is 0 Å². The van der Waals surface area contributed by atoms with Crippen molar-refractivity contribution in [1.82, 2.24) is 10.2 Å². The molecule has 1 saturated heterocycles. The second-order valence-corrected chi connectivity index (χ2v) is 5.68. The molecule has 21 heavy (non-hydrogen) atoms. The number of nitrogens with zero attached hydrogens (tertiary/aromatic N) is 1. The number of likely N-dealkylation sites (tertiary alicyclic amines) is 1. The number of hydrogen-bond donors (Lipinski definition) is 1. The highest BCUT2D eigenvalue weighted by atomic mass is 16.5. The highest BCUT2D eigenvalue weighted by Gasteiger charge is 2.27. The Balaban J connectivity index is 1.98. The van der Waals surface area contributed by atoms with Crippen LogP contribution in [0, 0.1) is 6.92 Å². The molecule has 0 aromatic heterocycles. The van der Waals surface area contributed by atoms with Crippen molar-refractivity contribution >= 4 is 5.91 Å². The van der Waals surface area contributed by atoms with Gasteiger partial charge < -0.3 is 15.0 Å². The van der Waals surface area contributed by atoms with Crippen molar-refractivity contribution in [2.75, 3.05) is 33.4 Å². The summed E-state index contributed by atoms with van der Waals surface area (Å²) in [7, 11) is 1.67. The molecule has 2 rings (SSSR count). The maximum Gasteiger partial charge on any atom is 0.237 e. The van der Waals surface area contributed by atoms with Gasteiger partial charge in [-0.05, 0) is 31.7 Å². The molecule has 116 valence electrons. The molecule has 1 heterocycles. The topological polar surface area (TPSA) is 41.6 Å². The Morgan fingerprint density at radius 3 is 2.81 bits per heavy atom. The van der Waals surface area contributed by atoms with Crippen molar-refractivity contribution in [3.63, 3.8) is 0 Å². The first-order valence-corrected chi connectivity index (χ1v) is 7.78. The van der Waals surface area contributed by atoms with Crippen LogP contribution in [0.25, 0.3) is 0 Å². The molecule has 1 aromatic rings. The van der Waals surface area contributed by atoms with Crippen LogP contribution in [-0.4, -0.2) is 44.2 Å². The lowest BCUT2D eigenvalue weighted by Gasteiger charge is -2.36. The normalized spacial score (nSPS) is 18.8. The summed E-state index contributed by atoms with van der Waals surface area (Å²) in [6.45, 7) is 4.70. The second kappa shape index (κ2) is 8.15. The van der Waals surface area contributed by atoms with E-state index < -0.39 is 0 Å². The summed E-state index contributed by atoms with van der Waals surface area (Å²) >= 11 is 0. The number of nitrogens with one attached hydrogen (secondary N) is 1. The number of aryl methyl sites for hydroxylation is 1. The Bertz CT molecular complexity index is 445. The molecule has 0 bridgehead atoms. The quantitative estimate of drug-likeness (QED) is 0.817. The van der Waals surface area contributed by atoms with E-state index in [2.05, 4.69) is 36.5 Å². The Labute approximate surface area is 127 Å². The molecule has 1 N–H and O–H groups in total.